The van der Waals surface area contributed by atoms with Crippen LogP contribution in [0.15, 0.2) is 22.6 Å². The van der Waals surface area contributed by atoms with Gasteiger partial charge in [0, 0.05) is 5.41 Å². The molecule has 4 heteroatoms. The zero-order valence-corrected chi connectivity index (χ0v) is 10.2. The van der Waals surface area contributed by atoms with E-state index >= 15 is 0 Å². The summed E-state index contributed by atoms with van der Waals surface area (Å²) in [6.45, 7) is 6.17. The maximum atomic E-state index is 10.8. The molecule has 0 fully saturated rings. The lowest BCUT2D eigenvalue weighted by Crippen LogP contribution is -2.15. The van der Waals surface area contributed by atoms with Gasteiger partial charge in [-0.3, -0.25) is 0 Å². The first kappa shape index (κ1) is 11.6. The predicted molar refractivity (Wildman–Crippen MR) is 64.3 cm³/mol. The highest BCUT2D eigenvalue weighted by Crippen LogP contribution is 2.29. The molecule has 0 spiro atoms. The van der Waals surface area contributed by atoms with E-state index in [1.807, 2.05) is 0 Å². The fourth-order valence-electron chi connectivity index (χ4n) is 1.50. The van der Waals surface area contributed by atoms with Gasteiger partial charge in [-0.1, -0.05) is 20.8 Å². The summed E-state index contributed by atoms with van der Waals surface area (Å²) in [5.41, 5.74) is 1.31. The Morgan fingerprint density at radius 2 is 2.18 bits per heavy atom. The number of hydrogen-bond acceptors (Lipinski definition) is 3. The summed E-state index contributed by atoms with van der Waals surface area (Å²) in [7, 11) is 0. The van der Waals surface area contributed by atoms with Gasteiger partial charge >= 0.3 is 5.97 Å². The minimum Gasteiger partial charge on any atom is -0.478 e. The maximum absolute atomic E-state index is 10.8. The molecule has 1 aromatic carbocycles. The van der Waals surface area contributed by atoms with Gasteiger partial charge in [-0.05, 0) is 24.6 Å². The molecule has 0 bridgehead atoms. The highest BCUT2D eigenvalue weighted by atomic mass is 16.4. The first-order chi connectivity index (χ1) is 7.94. The second kappa shape index (κ2) is 3.87. The van der Waals surface area contributed by atoms with Gasteiger partial charge in [0.2, 0.25) is 5.89 Å². The highest BCUT2D eigenvalue weighted by molar-refractivity contribution is 5.91. The van der Waals surface area contributed by atoms with Crippen molar-refractivity contribution in [1.82, 2.24) is 4.98 Å². The summed E-state index contributed by atoms with van der Waals surface area (Å²) in [5.74, 6) is -0.308. The molecule has 0 aliphatic heterocycles. The van der Waals surface area contributed by atoms with E-state index in [1.165, 1.54) is 12.1 Å². The lowest BCUT2D eigenvalue weighted by atomic mass is 9.90. The van der Waals surface area contributed by atoms with Crippen molar-refractivity contribution in [2.24, 2.45) is 0 Å². The molecule has 17 heavy (non-hydrogen) atoms. The van der Waals surface area contributed by atoms with Crippen molar-refractivity contribution in [3.8, 4) is 0 Å². The van der Waals surface area contributed by atoms with Gasteiger partial charge in [0.15, 0.2) is 5.58 Å². The van der Waals surface area contributed by atoms with E-state index in [1.54, 1.807) is 6.07 Å². The summed E-state index contributed by atoms with van der Waals surface area (Å²) in [4.78, 5) is 15.2. The summed E-state index contributed by atoms with van der Waals surface area (Å²) in [6, 6.07) is 4.73. The van der Waals surface area contributed by atoms with Crippen molar-refractivity contribution < 1.29 is 14.3 Å². The smallest absolute Gasteiger partial charge is 0.335 e. The first-order valence-electron chi connectivity index (χ1n) is 5.58. The Balaban J connectivity index is 2.54. The number of carbonyl (C=O) groups is 1. The molecule has 2 aromatic rings. The van der Waals surface area contributed by atoms with Crippen LogP contribution in [-0.4, -0.2) is 16.1 Å². The summed E-state index contributed by atoms with van der Waals surface area (Å²) >= 11 is 0. The molecule has 0 amide bonds. The lowest BCUT2D eigenvalue weighted by Gasteiger charge is -2.16. The van der Waals surface area contributed by atoms with Crippen LogP contribution in [0.1, 0.15) is 43.4 Å². The molecule has 0 radical (unpaired) electrons. The van der Waals surface area contributed by atoms with Crippen LogP contribution >= 0.6 is 0 Å². The Bertz CT molecular complexity index is 569. The number of aromatic carboxylic acids is 1. The maximum Gasteiger partial charge on any atom is 0.335 e. The summed E-state index contributed by atoms with van der Waals surface area (Å²) < 4.78 is 5.64. The molecule has 1 aromatic heterocycles. The second-order valence-electron chi connectivity index (χ2n) is 4.74. The van der Waals surface area contributed by atoms with Crippen molar-refractivity contribution in [1.29, 1.82) is 0 Å². The van der Waals surface area contributed by atoms with Crippen LogP contribution in [0.4, 0.5) is 0 Å². The third-order valence-corrected chi connectivity index (χ3v) is 3.10. The molecular formula is C13H15NO3. The fraction of sp³-hybridized carbons (Fsp3) is 0.385. The van der Waals surface area contributed by atoms with Gasteiger partial charge in [-0.25, -0.2) is 9.78 Å². The average molecular weight is 233 g/mol. The van der Waals surface area contributed by atoms with Crippen molar-refractivity contribution in [3.05, 3.63) is 29.7 Å². The number of benzene rings is 1. The third-order valence-electron chi connectivity index (χ3n) is 3.10. The molecule has 0 unspecified atom stereocenters. The number of carboxylic acids is 1. The molecular weight excluding hydrogens is 218 g/mol. The Morgan fingerprint density at radius 1 is 1.47 bits per heavy atom. The monoisotopic (exact) mass is 233 g/mol. The normalized spacial score (nSPS) is 11.9. The van der Waals surface area contributed by atoms with Gasteiger partial charge < -0.3 is 9.52 Å². The minimum atomic E-state index is -0.959. The molecule has 0 aliphatic carbocycles. The van der Waals surface area contributed by atoms with Gasteiger partial charge in [-0.2, -0.15) is 0 Å². The van der Waals surface area contributed by atoms with Crippen LogP contribution in [0.3, 0.4) is 0 Å². The quantitative estimate of drug-likeness (QED) is 0.884. The molecule has 0 saturated carbocycles. The number of hydrogen-bond donors (Lipinski definition) is 1. The van der Waals surface area contributed by atoms with Crippen molar-refractivity contribution in [2.75, 3.05) is 0 Å². The number of nitrogens with zero attached hydrogens (tertiary/aromatic N) is 1. The van der Waals surface area contributed by atoms with Gasteiger partial charge in [0.25, 0.3) is 0 Å². The number of aromatic nitrogens is 1. The van der Waals surface area contributed by atoms with Gasteiger partial charge in [0.1, 0.15) is 5.52 Å². The lowest BCUT2D eigenvalue weighted by molar-refractivity contribution is 0.0697. The average Bonchev–Trinajstić information content (AvgIpc) is 2.72. The van der Waals surface area contributed by atoms with Crippen LogP contribution < -0.4 is 0 Å². The van der Waals surface area contributed by atoms with Gasteiger partial charge in [0.05, 0.1) is 5.56 Å². The van der Waals surface area contributed by atoms with E-state index in [2.05, 4.69) is 25.8 Å². The minimum absolute atomic E-state index is 0.137. The van der Waals surface area contributed by atoms with E-state index in [0.29, 0.717) is 17.0 Å². The SMILES string of the molecule is CCC(C)(C)c1nc2ccc(C(=O)O)cc2o1. The van der Waals surface area contributed by atoms with Crippen molar-refractivity contribution in [3.63, 3.8) is 0 Å². The Labute approximate surface area is 99.3 Å². The molecule has 0 aliphatic rings. The summed E-state index contributed by atoms with van der Waals surface area (Å²) in [6.07, 6.45) is 0.908. The molecule has 1 N–H and O–H groups in total. The standard InChI is InChI=1S/C13H15NO3/c1-4-13(2,3)12-14-9-6-5-8(11(15)16)7-10(9)17-12/h5-7H,4H2,1-3H3,(H,15,16). The molecule has 0 atom stereocenters. The van der Waals surface area contributed by atoms with E-state index < -0.39 is 5.97 Å². The molecule has 4 nitrogen and oxygen atoms in total. The summed E-state index contributed by atoms with van der Waals surface area (Å²) in [5, 5.41) is 8.90. The number of fused-ring (bicyclic) bond motifs is 1. The predicted octanol–water partition coefficient (Wildman–Crippen LogP) is 3.21. The zero-order valence-electron chi connectivity index (χ0n) is 10.2. The largest absolute Gasteiger partial charge is 0.478 e. The van der Waals surface area contributed by atoms with E-state index in [0.717, 1.165) is 6.42 Å². The topological polar surface area (TPSA) is 63.3 Å². The Morgan fingerprint density at radius 3 is 2.76 bits per heavy atom. The van der Waals surface area contributed by atoms with E-state index in [4.69, 9.17) is 9.52 Å². The second-order valence-corrected chi connectivity index (χ2v) is 4.74. The molecule has 2 rings (SSSR count). The number of carboxylic acid groups (broad SMARTS) is 1. The van der Waals surface area contributed by atoms with Crippen LogP contribution in [0, 0.1) is 0 Å². The molecule has 90 valence electrons. The Kier molecular flexibility index (Phi) is 2.65. The van der Waals surface area contributed by atoms with Crippen LogP contribution in [0.2, 0.25) is 0 Å². The van der Waals surface area contributed by atoms with Crippen molar-refractivity contribution >= 4 is 17.1 Å². The first-order valence-corrected chi connectivity index (χ1v) is 5.58. The fourth-order valence-corrected chi connectivity index (χ4v) is 1.50. The van der Waals surface area contributed by atoms with E-state index in [-0.39, 0.29) is 11.0 Å². The van der Waals surface area contributed by atoms with Crippen LogP contribution in [0.5, 0.6) is 0 Å². The molecule has 0 saturated heterocycles. The van der Waals surface area contributed by atoms with Crippen molar-refractivity contribution in [2.45, 2.75) is 32.6 Å². The van der Waals surface area contributed by atoms with Crippen LogP contribution in [-0.2, 0) is 5.41 Å². The number of rotatable bonds is 3. The van der Waals surface area contributed by atoms with Gasteiger partial charge in [-0.15, -0.1) is 0 Å². The zero-order chi connectivity index (χ0) is 12.6. The number of oxazole rings is 1. The van der Waals surface area contributed by atoms with E-state index in [9.17, 15) is 4.79 Å². The van der Waals surface area contributed by atoms with Crippen LogP contribution in [0.25, 0.3) is 11.1 Å². The molecule has 1 heterocycles. The Hall–Kier alpha value is -1.84. The highest BCUT2D eigenvalue weighted by Gasteiger charge is 2.24. The third kappa shape index (κ3) is 2.02.